The zero-order valence-electron chi connectivity index (χ0n) is 12.1. The second kappa shape index (κ2) is 6.79. The zero-order chi connectivity index (χ0) is 16.2. The van der Waals surface area contributed by atoms with Crippen molar-refractivity contribution >= 4 is 38.3 Å². The highest BCUT2D eigenvalue weighted by molar-refractivity contribution is 9.10. The zero-order valence-corrected chi connectivity index (χ0v) is 13.6. The Morgan fingerprint density at radius 1 is 1.04 bits per heavy atom. The Morgan fingerprint density at radius 3 is 2.61 bits per heavy atom. The van der Waals surface area contributed by atoms with Gasteiger partial charge in [0.1, 0.15) is 11.6 Å². The molecule has 0 saturated heterocycles. The molecule has 1 amide bonds. The molecule has 3 rings (SSSR count). The van der Waals surface area contributed by atoms with Gasteiger partial charge in [0.25, 0.3) is 5.91 Å². The van der Waals surface area contributed by atoms with Crippen molar-refractivity contribution in [3.63, 3.8) is 0 Å². The van der Waals surface area contributed by atoms with Gasteiger partial charge < -0.3 is 10.1 Å². The van der Waals surface area contributed by atoms with Crippen molar-refractivity contribution in [2.45, 2.75) is 0 Å². The van der Waals surface area contributed by atoms with Crippen LogP contribution in [-0.4, -0.2) is 12.5 Å². The lowest BCUT2D eigenvalue weighted by molar-refractivity contribution is -0.118. The van der Waals surface area contributed by atoms with Crippen LogP contribution in [0.4, 0.5) is 10.1 Å². The molecule has 0 unspecified atom stereocenters. The summed E-state index contributed by atoms with van der Waals surface area (Å²) in [7, 11) is 0. The summed E-state index contributed by atoms with van der Waals surface area (Å²) in [6.07, 6.45) is 0. The molecular weight excluding hydrogens is 361 g/mol. The minimum absolute atomic E-state index is 0.143. The van der Waals surface area contributed by atoms with Gasteiger partial charge in [-0.1, -0.05) is 40.2 Å². The summed E-state index contributed by atoms with van der Waals surface area (Å²) < 4.78 is 19.9. The maximum Gasteiger partial charge on any atom is 0.262 e. The molecule has 0 aliphatic rings. The van der Waals surface area contributed by atoms with Crippen LogP contribution in [0.5, 0.6) is 5.75 Å². The molecule has 0 bridgehead atoms. The molecular formula is C18H13BrFNO2. The van der Waals surface area contributed by atoms with E-state index in [1.807, 2.05) is 30.3 Å². The number of hydrogen-bond donors (Lipinski definition) is 1. The largest absolute Gasteiger partial charge is 0.484 e. The Hall–Kier alpha value is -2.40. The summed E-state index contributed by atoms with van der Waals surface area (Å²) in [6, 6.07) is 17.5. The number of para-hydroxylation sites is 1. The molecule has 0 aromatic heterocycles. The third-order valence-electron chi connectivity index (χ3n) is 3.29. The van der Waals surface area contributed by atoms with E-state index in [1.165, 1.54) is 12.1 Å². The number of fused-ring (bicyclic) bond motifs is 1. The third-order valence-corrected chi connectivity index (χ3v) is 3.78. The predicted molar refractivity (Wildman–Crippen MR) is 92.2 cm³/mol. The first-order valence-corrected chi connectivity index (χ1v) is 7.77. The molecule has 0 spiro atoms. The molecule has 116 valence electrons. The van der Waals surface area contributed by atoms with E-state index >= 15 is 0 Å². The summed E-state index contributed by atoms with van der Waals surface area (Å²) in [6.45, 7) is -0.184. The van der Waals surface area contributed by atoms with Crippen molar-refractivity contribution < 1.29 is 13.9 Å². The monoisotopic (exact) mass is 373 g/mol. The first-order chi connectivity index (χ1) is 11.1. The Labute approximate surface area is 141 Å². The molecule has 0 heterocycles. The van der Waals surface area contributed by atoms with E-state index in [1.54, 1.807) is 18.2 Å². The number of carbonyl (C=O) groups is 1. The number of ether oxygens (including phenoxy) is 1. The van der Waals surface area contributed by atoms with Crippen LogP contribution in [0.2, 0.25) is 0 Å². The van der Waals surface area contributed by atoms with Crippen molar-refractivity contribution in [3.8, 4) is 5.75 Å². The molecule has 5 heteroatoms. The van der Waals surface area contributed by atoms with Crippen molar-refractivity contribution in [2.24, 2.45) is 0 Å². The molecule has 0 atom stereocenters. The van der Waals surface area contributed by atoms with E-state index in [-0.39, 0.29) is 12.3 Å². The first-order valence-electron chi connectivity index (χ1n) is 6.98. The van der Waals surface area contributed by atoms with Crippen LogP contribution >= 0.6 is 15.9 Å². The number of benzene rings is 3. The standard InChI is InChI=1S/C18H13BrFNO2/c19-14-7-5-13-10-15(8-6-12(13)9-14)23-11-18(22)21-17-4-2-1-3-16(17)20/h1-10H,11H2,(H,21,22). The highest BCUT2D eigenvalue weighted by Gasteiger charge is 2.07. The second-order valence-corrected chi connectivity index (χ2v) is 5.89. The minimum atomic E-state index is -0.475. The normalized spacial score (nSPS) is 10.5. The van der Waals surface area contributed by atoms with E-state index in [2.05, 4.69) is 21.2 Å². The Balaban J connectivity index is 1.65. The van der Waals surface area contributed by atoms with Gasteiger partial charge in [0.2, 0.25) is 0 Å². The van der Waals surface area contributed by atoms with E-state index in [4.69, 9.17) is 4.74 Å². The molecule has 3 nitrogen and oxygen atoms in total. The predicted octanol–water partition coefficient (Wildman–Crippen LogP) is 4.76. The van der Waals surface area contributed by atoms with Gasteiger partial charge >= 0.3 is 0 Å². The lowest BCUT2D eigenvalue weighted by Crippen LogP contribution is -2.20. The molecule has 0 fully saturated rings. The second-order valence-electron chi connectivity index (χ2n) is 4.97. The highest BCUT2D eigenvalue weighted by atomic mass is 79.9. The van der Waals surface area contributed by atoms with Gasteiger partial charge in [-0.05, 0) is 47.2 Å². The fourth-order valence-electron chi connectivity index (χ4n) is 2.18. The van der Waals surface area contributed by atoms with Gasteiger partial charge in [0, 0.05) is 4.47 Å². The molecule has 0 aliphatic carbocycles. The van der Waals surface area contributed by atoms with Gasteiger partial charge in [0.05, 0.1) is 5.69 Å². The Kier molecular flexibility index (Phi) is 4.57. The van der Waals surface area contributed by atoms with Gasteiger partial charge in [-0.3, -0.25) is 4.79 Å². The number of amides is 1. The van der Waals surface area contributed by atoms with Crippen LogP contribution in [0.15, 0.2) is 65.1 Å². The van der Waals surface area contributed by atoms with Gasteiger partial charge in [-0.2, -0.15) is 0 Å². The van der Waals surface area contributed by atoms with Crippen LogP contribution in [0.3, 0.4) is 0 Å². The van der Waals surface area contributed by atoms with Crippen LogP contribution in [0.1, 0.15) is 0 Å². The SMILES string of the molecule is O=C(COc1ccc2cc(Br)ccc2c1)Nc1ccccc1F. The summed E-state index contributed by atoms with van der Waals surface area (Å²) in [4.78, 5) is 11.8. The lowest BCUT2D eigenvalue weighted by atomic mass is 10.1. The summed E-state index contributed by atoms with van der Waals surface area (Å²) in [5.41, 5.74) is 0.143. The van der Waals surface area contributed by atoms with Crippen LogP contribution in [-0.2, 0) is 4.79 Å². The fourth-order valence-corrected chi connectivity index (χ4v) is 2.56. The Bertz CT molecular complexity index is 867. The van der Waals surface area contributed by atoms with Crippen LogP contribution in [0.25, 0.3) is 10.8 Å². The number of rotatable bonds is 4. The van der Waals surface area contributed by atoms with E-state index in [0.29, 0.717) is 5.75 Å². The van der Waals surface area contributed by atoms with Crippen molar-refractivity contribution in [3.05, 3.63) is 71.0 Å². The van der Waals surface area contributed by atoms with E-state index < -0.39 is 11.7 Å². The fraction of sp³-hybridized carbons (Fsp3) is 0.0556. The maximum absolute atomic E-state index is 13.5. The highest BCUT2D eigenvalue weighted by Crippen LogP contribution is 2.24. The minimum Gasteiger partial charge on any atom is -0.484 e. The quantitative estimate of drug-likeness (QED) is 0.715. The molecule has 1 N–H and O–H groups in total. The smallest absolute Gasteiger partial charge is 0.262 e. The average molecular weight is 374 g/mol. The number of halogens is 2. The summed E-state index contributed by atoms with van der Waals surface area (Å²) in [5, 5.41) is 4.57. The molecule has 0 radical (unpaired) electrons. The van der Waals surface area contributed by atoms with Crippen LogP contribution < -0.4 is 10.1 Å². The summed E-state index contributed by atoms with van der Waals surface area (Å²) >= 11 is 3.42. The first kappa shape index (κ1) is 15.5. The van der Waals surface area contributed by atoms with Crippen LogP contribution in [0, 0.1) is 5.82 Å². The summed E-state index contributed by atoms with van der Waals surface area (Å²) in [5.74, 6) is -0.299. The van der Waals surface area contributed by atoms with E-state index in [0.717, 1.165) is 15.2 Å². The molecule has 3 aromatic rings. The number of nitrogens with one attached hydrogen (secondary N) is 1. The average Bonchev–Trinajstić information content (AvgIpc) is 2.55. The van der Waals surface area contributed by atoms with Crippen molar-refractivity contribution in [1.82, 2.24) is 0 Å². The van der Waals surface area contributed by atoms with Crippen molar-refractivity contribution in [1.29, 1.82) is 0 Å². The van der Waals surface area contributed by atoms with Gasteiger partial charge in [-0.15, -0.1) is 0 Å². The van der Waals surface area contributed by atoms with Gasteiger partial charge in [-0.25, -0.2) is 4.39 Å². The topological polar surface area (TPSA) is 38.3 Å². The Morgan fingerprint density at radius 2 is 1.78 bits per heavy atom. The molecule has 3 aromatic carbocycles. The number of carbonyl (C=O) groups excluding carboxylic acids is 1. The molecule has 0 saturated carbocycles. The molecule has 23 heavy (non-hydrogen) atoms. The maximum atomic E-state index is 13.5. The van der Waals surface area contributed by atoms with Crippen molar-refractivity contribution in [2.75, 3.05) is 11.9 Å². The lowest BCUT2D eigenvalue weighted by Gasteiger charge is -2.09. The van der Waals surface area contributed by atoms with E-state index in [9.17, 15) is 9.18 Å². The number of hydrogen-bond acceptors (Lipinski definition) is 2. The third kappa shape index (κ3) is 3.87. The van der Waals surface area contributed by atoms with Gasteiger partial charge in [0.15, 0.2) is 6.61 Å². The number of anilines is 1. The molecule has 0 aliphatic heterocycles.